The number of amides is 3. The predicted octanol–water partition coefficient (Wildman–Crippen LogP) is 8.58. The summed E-state index contributed by atoms with van der Waals surface area (Å²) in [5, 5.41) is 5.49. The fourth-order valence-electron chi connectivity index (χ4n) is 7.57. The van der Waals surface area contributed by atoms with Crippen LogP contribution in [0, 0.1) is 5.82 Å². The van der Waals surface area contributed by atoms with E-state index in [9.17, 15) is 14.4 Å². The Kier molecular flexibility index (Phi) is 11.2. The summed E-state index contributed by atoms with van der Waals surface area (Å²) < 4.78 is 22.3. The molecule has 0 spiro atoms. The number of nitrogens with one attached hydrogen (secondary N) is 2. The number of rotatable bonds is 11. The smallest absolute Gasteiger partial charge is 0.330 e. The van der Waals surface area contributed by atoms with Crippen molar-refractivity contribution in [1.82, 2.24) is 14.9 Å². The van der Waals surface area contributed by atoms with E-state index in [4.69, 9.17) is 9.98 Å². The zero-order valence-corrected chi connectivity index (χ0v) is 32.5. The zero-order valence-electron chi connectivity index (χ0n) is 32.5. The first kappa shape index (κ1) is 38.9. The third-order valence-electron chi connectivity index (χ3n) is 10.3. The minimum atomic E-state index is -1.48. The second-order valence-corrected chi connectivity index (χ2v) is 14.0. The first-order valence-corrected chi connectivity index (χ1v) is 19.2. The highest BCUT2D eigenvalue weighted by atomic mass is 19.1. The van der Waals surface area contributed by atoms with Gasteiger partial charge >= 0.3 is 12.0 Å². The Bertz CT molecular complexity index is 2620. The third kappa shape index (κ3) is 7.84. The molecule has 1 aromatic heterocycles. The summed E-state index contributed by atoms with van der Waals surface area (Å²) in [5.41, 5.74) is 5.07. The van der Waals surface area contributed by atoms with Gasteiger partial charge in [-0.3, -0.25) is 4.79 Å². The Balaban J connectivity index is 1.19. The third-order valence-corrected chi connectivity index (χ3v) is 10.3. The molecule has 0 unspecified atom stereocenters. The molecule has 1 atom stereocenters. The second kappa shape index (κ2) is 17.3. The first-order chi connectivity index (χ1) is 29.3. The molecular weight excluding hydrogens is 756 g/mol. The molecule has 10 nitrogen and oxygen atoms in total. The first-order valence-electron chi connectivity index (χ1n) is 19.2. The van der Waals surface area contributed by atoms with Crippen molar-refractivity contribution in [3.63, 3.8) is 0 Å². The van der Waals surface area contributed by atoms with Crippen LogP contribution in [0.4, 0.5) is 20.6 Å². The van der Waals surface area contributed by atoms with E-state index in [-0.39, 0.29) is 17.8 Å². The lowest BCUT2D eigenvalue weighted by Crippen LogP contribution is -2.48. The van der Waals surface area contributed by atoms with Gasteiger partial charge < -0.3 is 24.8 Å². The van der Waals surface area contributed by atoms with E-state index in [2.05, 4.69) is 56.3 Å². The largest absolute Gasteiger partial charge is 0.466 e. The lowest BCUT2D eigenvalue weighted by atomic mass is 9.77. The molecule has 1 aliphatic rings. The summed E-state index contributed by atoms with van der Waals surface area (Å²) in [5.74, 6) is -1.62. The van der Waals surface area contributed by atoms with Gasteiger partial charge in [-0.2, -0.15) is 0 Å². The van der Waals surface area contributed by atoms with E-state index in [0.717, 1.165) is 16.7 Å². The minimum Gasteiger partial charge on any atom is -0.466 e. The number of hydrogen-bond donors (Lipinski definition) is 2. The van der Waals surface area contributed by atoms with Crippen molar-refractivity contribution in [2.45, 2.75) is 18.2 Å². The molecule has 0 bridgehead atoms. The average molecular weight is 795 g/mol. The van der Waals surface area contributed by atoms with Crippen molar-refractivity contribution in [3.05, 3.63) is 227 Å². The second-order valence-electron chi connectivity index (χ2n) is 14.0. The molecule has 296 valence electrons. The van der Waals surface area contributed by atoms with Gasteiger partial charge in [0.05, 0.1) is 37.1 Å². The molecule has 6 aromatic carbocycles. The number of ether oxygens (including phenoxy) is 1. The van der Waals surface area contributed by atoms with E-state index in [0.29, 0.717) is 28.2 Å². The van der Waals surface area contributed by atoms with E-state index in [1.807, 2.05) is 60.8 Å². The van der Waals surface area contributed by atoms with Crippen molar-refractivity contribution in [1.29, 1.82) is 0 Å². The summed E-state index contributed by atoms with van der Waals surface area (Å²) >= 11 is 0. The summed E-state index contributed by atoms with van der Waals surface area (Å²) in [6, 6.07) is 49.9. The monoisotopic (exact) mass is 794 g/mol. The summed E-state index contributed by atoms with van der Waals surface area (Å²) in [7, 11) is 1.28. The van der Waals surface area contributed by atoms with Crippen LogP contribution in [0.25, 0.3) is 6.08 Å². The number of para-hydroxylation sites is 1. The highest BCUT2D eigenvalue weighted by Gasteiger charge is 2.39. The SMILES string of the molecule is COC(=O)/C=C/c1cccc(NC(=O)N[C@@H]2N=C(c3ccccc3F)c3ccccc3N(Cc3cn(C(c4ccccc4)(c4ccccc4)c4ccccc4)cn3)C2=O)c1. The number of benzodiazepines with no additional fused rings is 1. The number of fused-ring (bicyclic) bond motifs is 1. The molecule has 0 radical (unpaired) electrons. The van der Waals surface area contributed by atoms with Gasteiger partial charge in [-0.25, -0.2) is 24.0 Å². The maximum Gasteiger partial charge on any atom is 0.330 e. The number of aromatic nitrogens is 2. The van der Waals surface area contributed by atoms with Crippen LogP contribution < -0.4 is 15.5 Å². The topological polar surface area (TPSA) is 118 Å². The van der Waals surface area contributed by atoms with Crippen LogP contribution >= 0.6 is 0 Å². The predicted molar refractivity (Wildman–Crippen MR) is 230 cm³/mol. The quantitative estimate of drug-likeness (QED) is 0.0773. The van der Waals surface area contributed by atoms with Crippen molar-refractivity contribution < 1.29 is 23.5 Å². The highest BCUT2D eigenvalue weighted by Crippen LogP contribution is 2.41. The molecule has 2 heterocycles. The Morgan fingerprint density at radius 2 is 1.37 bits per heavy atom. The molecule has 0 aliphatic carbocycles. The molecule has 7 aromatic rings. The number of halogens is 1. The Morgan fingerprint density at radius 3 is 2.00 bits per heavy atom. The number of aliphatic imine (C=N–C) groups is 1. The zero-order chi connectivity index (χ0) is 41.5. The highest BCUT2D eigenvalue weighted by molar-refractivity contribution is 6.20. The van der Waals surface area contributed by atoms with Crippen molar-refractivity contribution in [2.24, 2.45) is 4.99 Å². The number of esters is 1. The maximum absolute atomic E-state index is 15.6. The minimum absolute atomic E-state index is 0.00819. The van der Waals surface area contributed by atoms with Crippen LogP contribution in [-0.4, -0.2) is 46.4 Å². The number of benzene rings is 6. The number of methoxy groups -OCH3 is 1. The maximum atomic E-state index is 15.6. The molecule has 2 N–H and O–H groups in total. The van der Waals surface area contributed by atoms with Crippen LogP contribution in [0.1, 0.15) is 39.1 Å². The standard InChI is InChI=1S/C49H39FN6O4/c1-60-44(57)29-28-34-16-15-23-38(30-34)52-48(59)54-46-47(58)56(43-27-14-12-25-41(43)45(53-46)40-24-11-13-26-42(40)50)32-39-31-55(33-51-39)49(35-17-5-2-6-18-35,36-19-7-3-8-20-36)37-21-9-4-10-22-37/h2-31,33,46H,32H2,1H3,(H2,52,54,59)/b29-28+/t46-/m0/s1. The van der Waals surface area contributed by atoms with Gasteiger partial charge in [-0.15, -0.1) is 0 Å². The molecule has 11 heteroatoms. The fourth-order valence-corrected chi connectivity index (χ4v) is 7.57. The number of urea groups is 1. The molecule has 0 saturated heterocycles. The van der Waals surface area contributed by atoms with E-state index in [1.165, 1.54) is 24.2 Å². The Hall–Kier alpha value is -7.92. The number of carbonyl (C=O) groups is 3. The van der Waals surface area contributed by atoms with Crippen LogP contribution in [0.15, 0.2) is 187 Å². The Morgan fingerprint density at radius 1 is 0.767 bits per heavy atom. The van der Waals surface area contributed by atoms with Gasteiger partial charge in [0.15, 0.2) is 0 Å². The molecule has 3 amide bonds. The van der Waals surface area contributed by atoms with Gasteiger partial charge in [0, 0.05) is 29.1 Å². The van der Waals surface area contributed by atoms with E-state index >= 15 is 4.39 Å². The van der Waals surface area contributed by atoms with Crippen LogP contribution in [-0.2, 0) is 26.4 Å². The van der Waals surface area contributed by atoms with Gasteiger partial charge in [0.25, 0.3) is 5.91 Å². The molecule has 60 heavy (non-hydrogen) atoms. The molecule has 1 aliphatic heterocycles. The summed E-state index contributed by atoms with van der Waals surface area (Å²) in [6.07, 6.45) is 5.05. The van der Waals surface area contributed by atoms with Gasteiger partial charge in [-0.1, -0.05) is 133 Å². The van der Waals surface area contributed by atoms with Crippen LogP contribution in [0.2, 0.25) is 0 Å². The fraction of sp³-hybridized carbons (Fsp3) is 0.0816. The van der Waals surface area contributed by atoms with Crippen molar-refractivity contribution in [3.8, 4) is 0 Å². The van der Waals surface area contributed by atoms with Crippen molar-refractivity contribution in [2.75, 3.05) is 17.3 Å². The van der Waals surface area contributed by atoms with E-state index < -0.39 is 35.4 Å². The number of imidazole rings is 1. The summed E-state index contributed by atoms with van der Waals surface area (Å²) in [6.45, 7) is -0.00819. The number of anilines is 2. The number of nitrogens with zero attached hydrogens (tertiary/aromatic N) is 4. The van der Waals surface area contributed by atoms with Gasteiger partial charge in [-0.05, 0) is 58.7 Å². The molecule has 0 saturated carbocycles. The normalized spacial score (nSPS) is 13.9. The number of carbonyl (C=O) groups excluding carboxylic acids is 3. The van der Waals surface area contributed by atoms with Crippen LogP contribution in [0.5, 0.6) is 0 Å². The average Bonchev–Trinajstić information content (AvgIpc) is 3.72. The number of hydrogen-bond acceptors (Lipinski definition) is 6. The van der Waals surface area contributed by atoms with Gasteiger partial charge in [0.1, 0.15) is 11.4 Å². The Labute approximate surface area is 346 Å². The molecular formula is C49H39FN6O4. The van der Waals surface area contributed by atoms with Crippen LogP contribution in [0.3, 0.4) is 0 Å². The van der Waals surface area contributed by atoms with Crippen molar-refractivity contribution >= 4 is 41.1 Å². The lowest BCUT2D eigenvalue weighted by Gasteiger charge is -2.37. The molecule has 8 rings (SSSR count). The lowest BCUT2D eigenvalue weighted by molar-refractivity contribution is -0.134. The van der Waals surface area contributed by atoms with E-state index in [1.54, 1.807) is 79.1 Å². The molecule has 0 fully saturated rings. The van der Waals surface area contributed by atoms with Gasteiger partial charge in [0.2, 0.25) is 6.17 Å². The summed E-state index contributed by atoms with van der Waals surface area (Å²) in [4.78, 5) is 51.4.